The fourth-order valence-electron chi connectivity index (χ4n) is 7.16. The molecule has 1 aliphatic heterocycles. The van der Waals surface area contributed by atoms with Crippen LogP contribution >= 0.6 is 0 Å². The van der Waals surface area contributed by atoms with Crippen molar-refractivity contribution >= 4 is 34.8 Å². The lowest BCUT2D eigenvalue weighted by atomic mass is 9.52. The molecule has 0 aromatic heterocycles. The van der Waals surface area contributed by atoms with Crippen LogP contribution in [0.5, 0.6) is 5.75 Å². The summed E-state index contributed by atoms with van der Waals surface area (Å²) in [6.07, 6.45) is -0.00428. The van der Waals surface area contributed by atoms with E-state index in [0.717, 1.165) is 13.1 Å². The van der Waals surface area contributed by atoms with Gasteiger partial charge in [0.05, 0.1) is 24.1 Å². The largest absolute Gasteiger partial charge is 0.507 e. The molecule has 5 rings (SSSR count). The molecule has 1 heterocycles. The van der Waals surface area contributed by atoms with Crippen LogP contribution in [0.4, 0.5) is 0 Å². The Hall–Kier alpha value is -3.32. The summed E-state index contributed by atoms with van der Waals surface area (Å²) in [5, 5.41) is 22.3. The summed E-state index contributed by atoms with van der Waals surface area (Å²) in [7, 11) is 5.07. The van der Waals surface area contributed by atoms with Crippen molar-refractivity contribution in [2.45, 2.75) is 24.5 Å². The Labute approximate surface area is 231 Å². The van der Waals surface area contributed by atoms with Crippen molar-refractivity contribution in [3.8, 4) is 5.75 Å². The summed E-state index contributed by atoms with van der Waals surface area (Å²) in [6, 6.07) is 1.55. The van der Waals surface area contributed by atoms with Gasteiger partial charge in [0.1, 0.15) is 5.75 Å². The van der Waals surface area contributed by atoms with Gasteiger partial charge < -0.3 is 20.8 Å². The van der Waals surface area contributed by atoms with Gasteiger partial charge in [0, 0.05) is 37.7 Å². The number of hydrogen-bond acceptors (Lipinski definition) is 11. The third-order valence-corrected chi connectivity index (χ3v) is 9.21. The van der Waals surface area contributed by atoms with Crippen LogP contribution in [0.25, 0.3) is 0 Å². The second-order valence-electron chi connectivity index (χ2n) is 11.8. The third-order valence-electron chi connectivity index (χ3n) is 9.21. The monoisotopic (exact) mass is 554 g/mol. The van der Waals surface area contributed by atoms with Crippen molar-refractivity contribution in [3.63, 3.8) is 0 Å². The van der Waals surface area contributed by atoms with E-state index in [2.05, 4.69) is 4.90 Å². The Morgan fingerprint density at radius 3 is 2.33 bits per heavy atom. The number of carbonyl (C=O) groups excluding carboxylic acids is 6. The average molecular weight is 555 g/mol. The second kappa shape index (κ2) is 9.95. The number of likely N-dealkylation sites (N-methyl/N-ethyl adjacent to an activating group) is 2. The van der Waals surface area contributed by atoms with Crippen LogP contribution in [-0.4, -0.2) is 125 Å². The van der Waals surface area contributed by atoms with Gasteiger partial charge in [0.25, 0.3) is 0 Å². The van der Waals surface area contributed by atoms with E-state index < -0.39 is 70.1 Å². The van der Waals surface area contributed by atoms with E-state index in [1.807, 2.05) is 11.9 Å². The highest BCUT2D eigenvalue weighted by Crippen LogP contribution is 2.51. The summed E-state index contributed by atoms with van der Waals surface area (Å²) in [6.45, 7) is 3.19. The highest BCUT2D eigenvalue weighted by molar-refractivity contribution is 6.32. The fourth-order valence-corrected chi connectivity index (χ4v) is 7.16. The first-order valence-corrected chi connectivity index (χ1v) is 13.4. The minimum atomic E-state index is -2.78. The quantitative estimate of drug-likeness (QED) is 0.279. The van der Waals surface area contributed by atoms with E-state index in [9.17, 15) is 39.0 Å². The molecule has 214 valence electrons. The number of rotatable bonds is 5. The summed E-state index contributed by atoms with van der Waals surface area (Å²) >= 11 is 0. The molecule has 3 fully saturated rings. The topological polar surface area (TPSA) is 179 Å². The number of Topliss-reactive ketones (excluding diaryl/α,β-unsaturated/α-hetero) is 5. The van der Waals surface area contributed by atoms with E-state index in [0.29, 0.717) is 18.7 Å². The van der Waals surface area contributed by atoms with Crippen LogP contribution in [0.1, 0.15) is 32.7 Å². The molecule has 4 N–H and O–H groups in total. The number of ketones is 5. The van der Waals surface area contributed by atoms with E-state index in [-0.39, 0.29) is 36.3 Å². The van der Waals surface area contributed by atoms with E-state index >= 15 is 0 Å². The van der Waals surface area contributed by atoms with E-state index in [1.165, 1.54) is 31.1 Å². The number of phenols is 1. The zero-order chi connectivity index (χ0) is 29.3. The van der Waals surface area contributed by atoms with Crippen LogP contribution in [0.15, 0.2) is 12.1 Å². The van der Waals surface area contributed by atoms with Gasteiger partial charge in [-0.1, -0.05) is 0 Å². The van der Waals surface area contributed by atoms with Crippen LogP contribution < -0.4 is 5.73 Å². The van der Waals surface area contributed by atoms with Gasteiger partial charge in [0.15, 0.2) is 40.4 Å². The summed E-state index contributed by atoms with van der Waals surface area (Å²) < 4.78 is 0. The number of phenolic OH excluding ortho intramolecular Hbond substituents is 1. The Balaban J connectivity index is 1.54. The molecule has 12 heteroatoms. The van der Waals surface area contributed by atoms with Crippen LogP contribution in [0.3, 0.4) is 0 Å². The summed E-state index contributed by atoms with van der Waals surface area (Å²) in [5.41, 5.74) is 3.00. The van der Waals surface area contributed by atoms with E-state index in [4.69, 9.17) is 5.73 Å². The Kier molecular flexibility index (Phi) is 7.02. The smallest absolute Gasteiger partial charge is 0.235 e. The highest BCUT2D eigenvalue weighted by Gasteiger charge is 2.69. The maximum atomic E-state index is 13.9. The minimum absolute atomic E-state index is 0.0596. The van der Waals surface area contributed by atoms with Gasteiger partial charge in [0.2, 0.25) is 5.91 Å². The number of aromatic hydroxyl groups is 1. The first-order valence-electron chi connectivity index (χ1n) is 13.4. The van der Waals surface area contributed by atoms with Crippen LogP contribution in [-0.2, 0) is 25.6 Å². The number of hydrogen-bond donors (Lipinski definition) is 3. The number of benzene rings is 1. The Bertz CT molecular complexity index is 1330. The zero-order valence-corrected chi connectivity index (χ0v) is 22.8. The fraction of sp³-hybridized carbons (Fsp3) is 0.571. The molecule has 0 spiro atoms. The van der Waals surface area contributed by atoms with Gasteiger partial charge in [-0.15, -0.1) is 0 Å². The first kappa shape index (κ1) is 28.2. The molecule has 3 aliphatic carbocycles. The Morgan fingerprint density at radius 1 is 1.07 bits per heavy atom. The van der Waals surface area contributed by atoms with Crippen LogP contribution in [0, 0.1) is 23.7 Å². The van der Waals surface area contributed by atoms with Gasteiger partial charge >= 0.3 is 0 Å². The standard InChI is InChI=1S/C28H34N4O8/c1-30(2)22-16-11-13-10-15-14(18(34)12-32-8-6-31(3)7-9-32)4-5-17(33)20(15)23(35)19(13)25(37)28(16,40)26(38)21(24(22)36)27(29)39/h4-5,13,16,19,21-22,33,40H,6-12H2,1-3H3,(H2,29,39). The molecule has 6 unspecified atom stereocenters. The molecule has 1 aromatic carbocycles. The molecule has 2 saturated carbocycles. The molecule has 6 atom stereocenters. The minimum Gasteiger partial charge on any atom is -0.507 e. The normalized spacial score (nSPS) is 33.0. The molecule has 1 saturated heterocycles. The molecule has 1 amide bonds. The van der Waals surface area contributed by atoms with Gasteiger partial charge in [-0.05, 0) is 57.6 Å². The van der Waals surface area contributed by atoms with Gasteiger partial charge in [-0.2, -0.15) is 0 Å². The number of nitrogens with zero attached hydrogens (tertiary/aromatic N) is 3. The van der Waals surface area contributed by atoms with Crippen molar-refractivity contribution in [1.29, 1.82) is 0 Å². The van der Waals surface area contributed by atoms with Gasteiger partial charge in [-0.3, -0.25) is 38.6 Å². The van der Waals surface area contributed by atoms with Crippen LogP contribution in [0.2, 0.25) is 0 Å². The lowest BCUT2D eigenvalue weighted by Crippen LogP contribution is -2.74. The maximum Gasteiger partial charge on any atom is 0.235 e. The lowest BCUT2D eigenvalue weighted by Gasteiger charge is -2.52. The number of piperazine rings is 1. The maximum absolute atomic E-state index is 13.9. The highest BCUT2D eigenvalue weighted by atomic mass is 16.3. The number of carbonyl (C=O) groups is 6. The number of nitrogens with two attached hydrogens (primary N) is 1. The molecule has 0 bridgehead atoms. The third kappa shape index (κ3) is 4.12. The Morgan fingerprint density at radius 2 is 1.73 bits per heavy atom. The van der Waals surface area contributed by atoms with Crippen molar-refractivity contribution in [1.82, 2.24) is 14.7 Å². The number of amides is 1. The molecule has 0 radical (unpaired) electrons. The molecular formula is C28H34N4O8. The number of primary amides is 1. The second-order valence-corrected chi connectivity index (χ2v) is 11.8. The molecule has 12 nitrogen and oxygen atoms in total. The van der Waals surface area contributed by atoms with Crippen molar-refractivity contribution in [2.24, 2.45) is 29.4 Å². The van der Waals surface area contributed by atoms with Gasteiger partial charge in [-0.25, -0.2) is 0 Å². The molecule has 1 aromatic rings. The zero-order valence-electron chi connectivity index (χ0n) is 22.8. The SMILES string of the molecule is CN1CCN(CC(=O)c2ccc(O)c3c2CC2CC4C(N(C)C)C(=O)C(C(N)=O)C(=O)C4(O)C(=O)C2C3=O)CC1. The number of fused-ring (bicyclic) bond motifs is 3. The van der Waals surface area contributed by atoms with E-state index in [1.54, 1.807) is 0 Å². The van der Waals surface area contributed by atoms with Crippen molar-refractivity contribution < 1.29 is 39.0 Å². The van der Waals surface area contributed by atoms with Crippen molar-refractivity contribution in [3.05, 3.63) is 28.8 Å². The summed E-state index contributed by atoms with van der Waals surface area (Å²) in [4.78, 5) is 85.3. The summed E-state index contributed by atoms with van der Waals surface area (Å²) in [5.74, 6) is -11.4. The average Bonchev–Trinajstić information content (AvgIpc) is 2.87. The predicted molar refractivity (Wildman–Crippen MR) is 140 cm³/mol. The predicted octanol–water partition coefficient (Wildman–Crippen LogP) is -1.70. The number of aliphatic hydroxyl groups is 1. The molecule has 4 aliphatic rings. The first-order chi connectivity index (χ1) is 18.8. The lowest BCUT2D eigenvalue weighted by molar-refractivity contribution is -0.181. The molecular weight excluding hydrogens is 520 g/mol. The van der Waals surface area contributed by atoms with Crippen molar-refractivity contribution in [2.75, 3.05) is 53.9 Å². The molecule has 40 heavy (non-hydrogen) atoms.